The molecule has 1 unspecified atom stereocenters. The number of halogens is 2. The minimum absolute atomic E-state index is 0.476. The monoisotopic (exact) mass is 429 g/mol. The third-order valence-corrected chi connectivity index (χ3v) is 5.00. The van der Waals surface area contributed by atoms with Gasteiger partial charge in [0.05, 0.1) is 30.8 Å². The van der Waals surface area contributed by atoms with Crippen LogP contribution in [-0.4, -0.2) is 40.4 Å². The first kappa shape index (κ1) is 19.8. The van der Waals surface area contributed by atoms with Crippen molar-refractivity contribution in [2.24, 2.45) is 4.99 Å². The average Bonchev–Trinajstić information content (AvgIpc) is 2.61. The van der Waals surface area contributed by atoms with Gasteiger partial charge in [-0.25, -0.2) is 0 Å². The lowest BCUT2D eigenvalue weighted by atomic mass is 10.0. The van der Waals surface area contributed by atoms with Crippen LogP contribution < -0.4 is 14.2 Å². The summed E-state index contributed by atoms with van der Waals surface area (Å²) in [6.45, 7) is 4.39. The molecule has 1 aliphatic rings. The summed E-state index contributed by atoms with van der Waals surface area (Å²) in [5.74, 6) is 1.69. The van der Waals surface area contributed by atoms with Gasteiger partial charge >= 0.3 is 0 Å². The first-order chi connectivity index (χ1) is 12.0. The molecule has 0 bridgehead atoms. The molecule has 2 rings (SSSR count). The third kappa shape index (κ3) is 4.02. The van der Waals surface area contributed by atoms with Crippen molar-refractivity contribution in [1.82, 2.24) is 0 Å². The molecule has 0 amide bonds. The van der Waals surface area contributed by atoms with Crippen molar-refractivity contribution in [2.75, 3.05) is 27.9 Å². The lowest BCUT2D eigenvalue weighted by molar-refractivity contribution is 0.0972. The largest absolute Gasteiger partial charge is 0.493 e. The zero-order valence-electron chi connectivity index (χ0n) is 14.9. The maximum Gasteiger partial charge on any atom is 0.203 e. The van der Waals surface area contributed by atoms with Gasteiger partial charge in [-0.15, -0.1) is 0 Å². The second-order valence-electron chi connectivity index (χ2n) is 5.22. The molecule has 0 fully saturated rings. The molecule has 7 heteroatoms. The number of rotatable bonds is 6. The van der Waals surface area contributed by atoms with Gasteiger partial charge < -0.3 is 18.9 Å². The highest BCUT2D eigenvalue weighted by Crippen LogP contribution is 2.44. The van der Waals surface area contributed by atoms with Crippen LogP contribution in [0.4, 0.5) is 0 Å². The van der Waals surface area contributed by atoms with Gasteiger partial charge in [-0.3, -0.25) is 4.99 Å². The normalized spacial score (nSPS) is 18.7. The number of benzene rings is 1. The van der Waals surface area contributed by atoms with Gasteiger partial charge in [0, 0.05) is 24.0 Å². The van der Waals surface area contributed by atoms with E-state index in [4.69, 9.17) is 30.5 Å². The highest BCUT2D eigenvalue weighted by molar-refractivity contribution is 9.12. The van der Waals surface area contributed by atoms with Crippen LogP contribution in [0.1, 0.15) is 18.1 Å². The van der Waals surface area contributed by atoms with E-state index in [0.29, 0.717) is 33.4 Å². The van der Waals surface area contributed by atoms with Crippen molar-refractivity contribution in [2.45, 2.75) is 20.1 Å². The number of dihydropyridines is 1. The molecule has 0 spiro atoms. The third-order valence-electron chi connectivity index (χ3n) is 3.75. The van der Waals surface area contributed by atoms with E-state index in [0.717, 1.165) is 16.7 Å². The molecule has 0 aliphatic carbocycles. The second kappa shape index (κ2) is 8.74. The minimum Gasteiger partial charge on any atom is -0.493 e. The first-order valence-electron chi connectivity index (χ1n) is 7.70. The molecule has 1 aromatic carbocycles. The molecule has 1 aromatic rings. The van der Waals surface area contributed by atoms with E-state index >= 15 is 0 Å². The fourth-order valence-corrected chi connectivity index (χ4v) is 3.12. The van der Waals surface area contributed by atoms with Gasteiger partial charge in [-0.1, -0.05) is 11.6 Å². The summed E-state index contributed by atoms with van der Waals surface area (Å²) < 4.78 is 22.8. The molecular weight excluding hydrogens is 410 g/mol. The highest BCUT2D eigenvalue weighted by atomic mass is 79.9. The molecule has 0 aromatic heterocycles. The van der Waals surface area contributed by atoms with Gasteiger partial charge in [0.1, 0.15) is 0 Å². The van der Waals surface area contributed by atoms with Crippen molar-refractivity contribution >= 4 is 39.8 Å². The van der Waals surface area contributed by atoms with Crippen LogP contribution in [0.5, 0.6) is 17.2 Å². The van der Waals surface area contributed by atoms with Crippen molar-refractivity contribution < 1.29 is 18.9 Å². The molecule has 1 atom stereocenters. The Labute approximate surface area is 161 Å². The fourth-order valence-electron chi connectivity index (χ4n) is 2.58. The minimum atomic E-state index is -0.476. The van der Waals surface area contributed by atoms with Crippen LogP contribution >= 0.6 is 27.5 Å². The molecule has 136 valence electrons. The van der Waals surface area contributed by atoms with Gasteiger partial charge in [-0.05, 0) is 47.5 Å². The summed E-state index contributed by atoms with van der Waals surface area (Å²) in [6, 6.07) is 1.89. The second-order valence-corrected chi connectivity index (χ2v) is 6.46. The van der Waals surface area contributed by atoms with Crippen molar-refractivity contribution in [3.05, 3.63) is 32.3 Å². The summed E-state index contributed by atoms with van der Waals surface area (Å²) in [7, 11) is 4.75. The number of ether oxygens (including phenoxy) is 4. The number of hydrogen-bond donors (Lipinski definition) is 0. The maximum atomic E-state index is 6.49. The number of hydrogen-bond acceptors (Lipinski definition) is 5. The Morgan fingerprint density at radius 1 is 1.20 bits per heavy atom. The van der Waals surface area contributed by atoms with E-state index in [2.05, 4.69) is 20.9 Å². The lowest BCUT2D eigenvalue weighted by Crippen LogP contribution is -2.17. The Balaban J connectivity index is 2.67. The molecule has 25 heavy (non-hydrogen) atoms. The molecule has 0 saturated heterocycles. The zero-order valence-corrected chi connectivity index (χ0v) is 17.2. The van der Waals surface area contributed by atoms with Crippen LogP contribution in [0, 0.1) is 6.92 Å². The molecule has 0 N–H and O–H groups in total. The number of aryl methyl sites for hydroxylation is 1. The summed E-state index contributed by atoms with van der Waals surface area (Å²) in [5, 5.41) is 0.546. The predicted octanol–water partition coefficient (Wildman–Crippen LogP) is 4.70. The molecule has 5 nitrogen and oxygen atoms in total. The Morgan fingerprint density at radius 3 is 2.44 bits per heavy atom. The van der Waals surface area contributed by atoms with E-state index in [-0.39, 0.29) is 0 Å². The maximum absolute atomic E-state index is 6.49. The highest BCUT2D eigenvalue weighted by Gasteiger charge is 2.24. The van der Waals surface area contributed by atoms with Crippen LogP contribution in [0.15, 0.2) is 26.1 Å². The van der Waals surface area contributed by atoms with E-state index in [1.807, 2.05) is 26.0 Å². The number of allylic oxidation sites excluding steroid dienone is 1. The number of methoxy groups -OCH3 is 3. The van der Waals surface area contributed by atoms with Crippen LogP contribution in [0.3, 0.4) is 0 Å². The van der Waals surface area contributed by atoms with Gasteiger partial charge in [0.2, 0.25) is 5.75 Å². The van der Waals surface area contributed by atoms with Gasteiger partial charge in [-0.2, -0.15) is 0 Å². The van der Waals surface area contributed by atoms with Crippen LogP contribution in [0.25, 0.3) is 6.08 Å². The fraction of sp³-hybridized carbons (Fsp3) is 0.389. The van der Waals surface area contributed by atoms with Gasteiger partial charge in [0.25, 0.3) is 0 Å². The summed E-state index contributed by atoms with van der Waals surface area (Å²) in [5.41, 5.74) is 2.52. The Morgan fingerprint density at radius 2 is 1.88 bits per heavy atom. The zero-order chi connectivity index (χ0) is 18.6. The van der Waals surface area contributed by atoms with Crippen molar-refractivity contribution in [3.63, 3.8) is 0 Å². The summed E-state index contributed by atoms with van der Waals surface area (Å²) in [4.78, 5) is 4.39. The Hall–Kier alpha value is -1.50. The van der Waals surface area contributed by atoms with Crippen LogP contribution in [0.2, 0.25) is 0 Å². The lowest BCUT2D eigenvalue weighted by Gasteiger charge is -2.22. The predicted molar refractivity (Wildman–Crippen MR) is 105 cm³/mol. The number of nitrogens with zero attached hydrogens (tertiary/aromatic N) is 1. The molecule has 1 aliphatic heterocycles. The van der Waals surface area contributed by atoms with E-state index < -0.39 is 6.23 Å². The smallest absolute Gasteiger partial charge is 0.203 e. The van der Waals surface area contributed by atoms with Crippen molar-refractivity contribution in [1.29, 1.82) is 0 Å². The van der Waals surface area contributed by atoms with E-state index in [1.165, 1.54) is 0 Å². The van der Waals surface area contributed by atoms with Crippen molar-refractivity contribution in [3.8, 4) is 17.2 Å². The summed E-state index contributed by atoms with van der Waals surface area (Å²) >= 11 is 9.91. The SMILES string of the molecule is CCOC1N=CC(Br)=C(Cl)C1=Cc1c(C)cc(OC)c(OC)c1OC. The van der Waals surface area contributed by atoms with E-state index in [1.54, 1.807) is 27.5 Å². The first-order valence-corrected chi connectivity index (χ1v) is 8.87. The van der Waals surface area contributed by atoms with E-state index in [9.17, 15) is 0 Å². The standard InChI is InChI=1S/C18H21BrClNO4/c1-6-25-18-12(15(20)13(19)9-21-18)8-11-10(2)7-14(22-3)17(24-5)16(11)23-4/h7-9,18H,6H2,1-5H3. The molecule has 1 heterocycles. The number of aliphatic imine (C=N–C) groups is 1. The molecular formula is C18H21BrClNO4. The molecule has 0 saturated carbocycles. The Bertz CT molecular complexity index is 743. The average molecular weight is 431 g/mol. The quantitative estimate of drug-likeness (QED) is 0.656. The Kier molecular flexibility index (Phi) is 6.93. The summed E-state index contributed by atoms with van der Waals surface area (Å²) in [6.07, 6.45) is 3.09. The van der Waals surface area contributed by atoms with Gasteiger partial charge in [0.15, 0.2) is 17.7 Å². The topological polar surface area (TPSA) is 49.3 Å². The molecule has 0 radical (unpaired) electrons. The van der Waals surface area contributed by atoms with Crippen LogP contribution in [-0.2, 0) is 4.74 Å².